The Bertz CT molecular complexity index is 296. The smallest absolute Gasteiger partial charge is 0.166 e. The van der Waals surface area contributed by atoms with Gasteiger partial charge in [-0.25, -0.2) is 0 Å². The largest absolute Gasteiger partial charge is 0.360 e. The number of hydrogen-bond acceptors (Lipinski definition) is 2. The third-order valence-corrected chi connectivity index (χ3v) is 4.59. The summed E-state index contributed by atoms with van der Waals surface area (Å²) in [7, 11) is 4.33. The third-order valence-electron chi connectivity index (χ3n) is 4.36. The van der Waals surface area contributed by atoms with E-state index in [2.05, 4.69) is 57.3 Å². The predicted molar refractivity (Wildman–Crippen MR) is 87.5 cm³/mol. The molecule has 1 rings (SSSR count). The van der Waals surface area contributed by atoms with Gasteiger partial charge in [-0.1, -0.05) is 33.6 Å². The fraction of sp³-hybridized carbons (Fsp3) is 0.933. The summed E-state index contributed by atoms with van der Waals surface area (Å²) in [5, 5.41) is 7.77. The molecule has 0 aromatic heterocycles. The van der Waals surface area contributed by atoms with E-state index in [0.29, 0.717) is 18.1 Å². The summed E-state index contributed by atoms with van der Waals surface area (Å²) in [5.41, 5.74) is 0.221. The molecule has 0 saturated heterocycles. The van der Waals surface area contributed by atoms with Gasteiger partial charge in [0.1, 0.15) is 0 Å². The SMILES string of the molecule is C[C@@H](NC(=S)N[C@@H]1CCCC[C@H]1N(C)C)C(C)(C)C. The minimum absolute atomic E-state index is 0.221. The Morgan fingerprint density at radius 1 is 1.21 bits per heavy atom. The Balaban J connectivity index is 2.50. The van der Waals surface area contributed by atoms with E-state index >= 15 is 0 Å². The van der Waals surface area contributed by atoms with Crippen LogP contribution in [0.5, 0.6) is 0 Å². The van der Waals surface area contributed by atoms with Gasteiger partial charge in [0.15, 0.2) is 5.11 Å². The maximum atomic E-state index is 5.48. The Hall–Kier alpha value is -0.350. The maximum Gasteiger partial charge on any atom is 0.166 e. The molecule has 3 atom stereocenters. The quantitative estimate of drug-likeness (QED) is 0.780. The van der Waals surface area contributed by atoms with Gasteiger partial charge in [-0.15, -0.1) is 0 Å². The topological polar surface area (TPSA) is 27.3 Å². The first-order valence-corrected chi connectivity index (χ1v) is 7.86. The lowest BCUT2D eigenvalue weighted by Crippen LogP contribution is -2.55. The average Bonchev–Trinajstić information content (AvgIpc) is 2.27. The van der Waals surface area contributed by atoms with Crippen LogP contribution < -0.4 is 10.6 Å². The second kappa shape index (κ2) is 6.89. The number of hydrogen-bond donors (Lipinski definition) is 2. The van der Waals surface area contributed by atoms with Crippen molar-refractivity contribution in [2.24, 2.45) is 5.41 Å². The molecule has 1 aliphatic rings. The molecule has 1 saturated carbocycles. The molecule has 1 aliphatic carbocycles. The summed E-state index contributed by atoms with van der Waals surface area (Å²) in [5.74, 6) is 0. The molecule has 0 aromatic carbocycles. The number of thiocarbonyl (C=S) groups is 1. The average molecular weight is 286 g/mol. The van der Waals surface area contributed by atoms with Crippen LogP contribution in [0, 0.1) is 5.41 Å². The monoisotopic (exact) mass is 285 g/mol. The van der Waals surface area contributed by atoms with E-state index in [1.54, 1.807) is 0 Å². The first-order valence-electron chi connectivity index (χ1n) is 7.45. The second-order valence-electron chi connectivity index (χ2n) is 7.13. The van der Waals surface area contributed by atoms with E-state index in [1.807, 2.05) is 0 Å². The summed E-state index contributed by atoms with van der Waals surface area (Å²) in [6.45, 7) is 8.89. The van der Waals surface area contributed by atoms with Crippen molar-refractivity contribution in [1.29, 1.82) is 0 Å². The molecular weight excluding hydrogens is 254 g/mol. The van der Waals surface area contributed by atoms with Gasteiger partial charge in [-0.05, 0) is 51.5 Å². The van der Waals surface area contributed by atoms with E-state index in [4.69, 9.17) is 12.2 Å². The number of likely N-dealkylation sites (N-methyl/N-ethyl adjacent to an activating group) is 1. The lowest BCUT2D eigenvalue weighted by molar-refractivity contribution is 0.189. The van der Waals surface area contributed by atoms with E-state index in [0.717, 1.165) is 5.11 Å². The number of nitrogens with zero attached hydrogens (tertiary/aromatic N) is 1. The highest BCUT2D eigenvalue weighted by atomic mass is 32.1. The number of rotatable bonds is 3. The Labute approximate surface area is 124 Å². The van der Waals surface area contributed by atoms with E-state index in [9.17, 15) is 0 Å². The molecule has 1 fully saturated rings. The zero-order valence-electron chi connectivity index (χ0n) is 13.4. The molecule has 0 spiro atoms. The van der Waals surface area contributed by atoms with Crippen LogP contribution in [0.2, 0.25) is 0 Å². The maximum absolute atomic E-state index is 5.48. The fourth-order valence-electron chi connectivity index (χ4n) is 2.52. The van der Waals surface area contributed by atoms with Crippen molar-refractivity contribution in [1.82, 2.24) is 15.5 Å². The molecule has 0 aliphatic heterocycles. The summed E-state index contributed by atoms with van der Waals surface area (Å²) >= 11 is 5.48. The minimum atomic E-state index is 0.221. The highest BCUT2D eigenvalue weighted by Gasteiger charge is 2.28. The van der Waals surface area contributed by atoms with Crippen LogP contribution in [0.1, 0.15) is 53.4 Å². The lowest BCUT2D eigenvalue weighted by atomic mass is 9.88. The van der Waals surface area contributed by atoms with Gasteiger partial charge in [-0.3, -0.25) is 0 Å². The molecular formula is C15H31N3S. The van der Waals surface area contributed by atoms with Gasteiger partial charge in [0.05, 0.1) is 0 Å². The fourth-order valence-corrected chi connectivity index (χ4v) is 2.85. The molecule has 0 bridgehead atoms. The van der Waals surface area contributed by atoms with Crippen molar-refractivity contribution in [3.05, 3.63) is 0 Å². The molecule has 112 valence electrons. The molecule has 0 radical (unpaired) electrons. The van der Waals surface area contributed by atoms with Gasteiger partial charge < -0.3 is 15.5 Å². The van der Waals surface area contributed by atoms with Crippen LogP contribution in [-0.2, 0) is 0 Å². The van der Waals surface area contributed by atoms with E-state index in [-0.39, 0.29) is 5.41 Å². The Kier molecular flexibility index (Phi) is 6.06. The van der Waals surface area contributed by atoms with Crippen molar-refractivity contribution in [2.75, 3.05) is 14.1 Å². The first-order chi connectivity index (χ1) is 8.71. The normalized spacial score (nSPS) is 26.1. The highest BCUT2D eigenvalue weighted by molar-refractivity contribution is 7.80. The molecule has 2 N–H and O–H groups in total. The highest BCUT2D eigenvalue weighted by Crippen LogP contribution is 2.22. The molecule has 0 unspecified atom stereocenters. The summed E-state index contributed by atoms with van der Waals surface area (Å²) in [6.07, 6.45) is 5.12. The van der Waals surface area contributed by atoms with E-state index in [1.165, 1.54) is 25.7 Å². The van der Waals surface area contributed by atoms with Gasteiger partial charge in [0.2, 0.25) is 0 Å². The van der Waals surface area contributed by atoms with Gasteiger partial charge in [0.25, 0.3) is 0 Å². The third kappa shape index (κ3) is 5.27. The van der Waals surface area contributed by atoms with Crippen LogP contribution in [0.4, 0.5) is 0 Å². The minimum Gasteiger partial charge on any atom is -0.360 e. The summed E-state index contributed by atoms with van der Waals surface area (Å²) in [6, 6.07) is 1.45. The molecule has 4 heteroatoms. The Morgan fingerprint density at radius 3 is 2.32 bits per heavy atom. The van der Waals surface area contributed by atoms with Crippen molar-refractivity contribution in [2.45, 2.75) is 71.5 Å². The van der Waals surface area contributed by atoms with Gasteiger partial charge >= 0.3 is 0 Å². The zero-order valence-corrected chi connectivity index (χ0v) is 14.2. The van der Waals surface area contributed by atoms with E-state index < -0.39 is 0 Å². The van der Waals surface area contributed by atoms with Crippen LogP contribution in [0.3, 0.4) is 0 Å². The van der Waals surface area contributed by atoms with Gasteiger partial charge in [-0.2, -0.15) is 0 Å². The van der Waals surface area contributed by atoms with Crippen molar-refractivity contribution >= 4 is 17.3 Å². The molecule has 0 amide bonds. The van der Waals surface area contributed by atoms with Crippen LogP contribution in [0.15, 0.2) is 0 Å². The van der Waals surface area contributed by atoms with Crippen molar-refractivity contribution in [3.63, 3.8) is 0 Å². The molecule has 19 heavy (non-hydrogen) atoms. The molecule has 3 nitrogen and oxygen atoms in total. The second-order valence-corrected chi connectivity index (χ2v) is 7.54. The molecule has 0 aromatic rings. The summed E-state index contributed by atoms with van der Waals surface area (Å²) < 4.78 is 0. The van der Waals surface area contributed by atoms with Crippen LogP contribution in [0.25, 0.3) is 0 Å². The van der Waals surface area contributed by atoms with Crippen LogP contribution >= 0.6 is 12.2 Å². The van der Waals surface area contributed by atoms with Crippen molar-refractivity contribution < 1.29 is 0 Å². The number of nitrogens with one attached hydrogen (secondary N) is 2. The van der Waals surface area contributed by atoms with Gasteiger partial charge in [0, 0.05) is 18.1 Å². The zero-order chi connectivity index (χ0) is 14.6. The predicted octanol–water partition coefficient (Wildman–Crippen LogP) is 2.76. The first kappa shape index (κ1) is 16.7. The standard InChI is InChI=1S/C15H31N3S/c1-11(15(2,3)4)16-14(19)17-12-9-7-8-10-13(12)18(5)6/h11-13H,7-10H2,1-6H3,(H2,16,17,19)/t11-,12-,13-/m1/s1. The summed E-state index contributed by atoms with van der Waals surface area (Å²) in [4.78, 5) is 2.33. The van der Waals surface area contributed by atoms with Crippen molar-refractivity contribution in [3.8, 4) is 0 Å². The Morgan fingerprint density at radius 2 is 1.79 bits per heavy atom. The lowest BCUT2D eigenvalue weighted by Gasteiger charge is -2.38. The van der Waals surface area contributed by atoms with Crippen LogP contribution in [-0.4, -0.2) is 42.2 Å². The molecule has 0 heterocycles.